The first kappa shape index (κ1) is 18.0. The molecule has 1 heterocycles. The molecule has 0 saturated carbocycles. The molecule has 7 nitrogen and oxygen atoms in total. The van der Waals surface area contributed by atoms with E-state index in [0.717, 1.165) is 11.0 Å². The Labute approximate surface area is 144 Å². The first-order valence-electron chi connectivity index (χ1n) is 7.39. The van der Waals surface area contributed by atoms with Gasteiger partial charge in [-0.05, 0) is 32.0 Å². The number of anilines is 1. The summed E-state index contributed by atoms with van der Waals surface area (Å²) < 4.78 is 0. The molecule has 8 heteroatoms. The molecule has 0 bridgehead atoms. The number of imide groups is 1. The van der Waals surface area contributed by atoms with E-state index in [2.05, 4.69) is 10.6 Å². The molecule has 1 aromatic rings. The SMILES string of the molecule is CC(C)NC(=O)c1ccc(Cl)c(NC2=CC(=O)N(CCO)C2=O)c1. The van der Waals surface area contributed by atoms with Crippen LogP contribution in [0, 0.1) is 0 Å². The number of hydrogen-bond acceptors (Lipinski definition) is 5. The third-order valence-electron chi connectivity index (χ3n) is 3.25. The van der Waals surface area contributed by atoms with Crippen molar-refractivity contribution in [3.63, 3.8) is 0 Å². The van der Waals surface area contributed by atoms with E-state index in [1.807, 2.05) is 13.8 Å². The van der Waals surface area contributed by atoms with Crippen LogP contribution < -0.4 is 10.6 Å². The van der Waals surface area contributed by atoms with Crippen LogP contribution in [-0.2, 0) is 9.59 Å². The van der Waals surface area contributed by atoms with Crippen LogP contribution in [0.5, 0.6) is 0 Å². The molecule has 2 rings (SSSR count). The van der Waals surface area contributed by atoms with Crippen molar-refractivity contribution in [1.82, 2.24) is 10.2 Å². The van der Waals surface area contributed by atoms with Gasteiger partial charge in [0.1, 0.15) is 5.70 Å². The number of β-amino-alcohol motifs (C(OH)–C–C–N with tert-alkyl or cyclic N) is 1. The normalized spacial score (nSPS) is 14.2. The van der Waals surface area contributed by atoms with E-state index in [9.17, 15) is 14.4 Å². The van der Waals surface area contributed by atoms with Gasteiger partial charge in [-0.2, -0.15) is 0 Å². The lowest BCUT2D eigenvalue weighted by Gasteiger charge is -2.15. The number of carbonyl (C=O) groups is 3. The molecule has 0 aromatic heterocycles. The maximum absolute atomic E-state index is 12.1. The molecule has 0 fully saturated rings. The molecule has 3 amide bonds. The molecular formula is C16H18ClN3O4. The van der Waals surface area contributed by atoms with Gasteiger partial charge in [-0.15, -0.1) is 0 Å². The zero-order valence-corrected chi connectivity index (χ0v) is 14.1. The van der Waals surface area contributed by atoms with Gasteiger partial charge >= 0.3 is 0 Å². The number of hydrogen-bond donors (Lipinski definition) is 3. The summed E-state index contributed by atoms with van der Waals surface area (Å²) in [5, 5.41) is 14.7. The monoisotopic (exact) mass is 351 g/mol. The van der Waals surface area contributed by atoms with E-state index in [1.165, 1.54) is 12.1 Å². The van der Waals surface area contributed by atoms with Gasteiger partial charge in [0, 0.05) is 17.7 Å². The predicted octanol–water partition coefficient (Wildman–Crippen LogP) is 1.14. The molecule has 0 saturated heterocycles. The molecular weight excluding hydrogens is 334 g/mol. The molecule has 1 aromatic carbocycles. The van der Waals surface area contributed by atoms with E-state index in [-0.39, 0.29) is 30.8 Å². The first-order valence-corrected chi connectivity index (χ1v) is 7.77. The lowest BCUT2D eigenvalue weighted by atomic mass is 10.1. The van der Waals surface area contributed by atoms with Gasteiger partial charge in [0.25, 0.3) is 17.7 Å². The molecule has 0 unspecified atom stereocenters. The number of carbonyl (C=O) groups excluding carboxylic acids is 3. The highest BCUT2D eigenvalue weighted by atomic mass is 35.5. The molecule has 24 heavy (non-hydrogen) atoms. The Kier molecular flexibility index (Phi) is 5.58. The van der Waals surface area contributed by atoms with E-state index in [4.69, 9.17) is 16.7 Å². The summed E-state index contributed by atoms with van der Waals surface area (Å²) >= 11 is 6.10. The minimum absolute atomic E-state index is 0.0200. The van der Waals surface area contributed by atoms with Gasteiger partial charge < -0.3 is 15.7 Å². The van der Waals surface area contributed by atoms with Crippen molar-refractivity contribution in [2.75, 3.05) is 18.5 Å². The number of amides is 3. The van der Waals surface area contributed by atoms with Gasteiger partial charge in [0.2, 0.25) is 0 Å². The lowest BCUT2D eigenvalue weighted by Crippen LogP contribution is -2.34. The van der Waals surface area contributed by atoms with Crippen LogP contribution in [0.15, 0.2) is 30.0 Å². The second-order valence-electron chi connectivity index (χ2n) is 5.52. The highest BCUT2D eigenvalue weighted by Crippen LogP contribution is 2.26. The molecule has 0 radical (unpaired) electrons. The van der Waals surface area contributed by atoms with Crippen LogP contribution in [0.3, 0.4) is 0 Å². The Morgan fingerprint density at radius 1 is 1.33 bits per heavy atom. The zero-order valence-electron chi connectivity index (χ0n) is 13.3. The van der Waals surface area contributed by atoms with E-state index in [1.54, 1.807) is 6.07 Å². The Bertz CT molecular complexity index is 715. The zero-order chi connectivity index (χ0) is 17.9. The van der Waals surface area contributed by atoms with Gasteiger partial charge in [0.15, 0.2) is 0 Å². The van der Waals surface area contributed by atoms with Crippen LogP contribution in [0.25, 0.3) is 0 Å². The first-order chi connectivity index (χ1) is 11.3. The summed E-state index contributed by atoms with van der Waals surface area (Å²) in [6, 6.07) is 4.59. The summed E-state index contributed by atoms with van der Waals surface area (Å²) in [7, 11) is 0. The topological polar surface area (TPSA) is 98.7 Å². The summed E-state index contributed by atoms with van der Waals surface area (Å²) in [4.78, 5) is 36.8. The van der Waals surface area contributed by atoms with Crippen molar-refractivity contribution < 1.29 is 19.5 Å². The summed E-state index contributed by atoms with van der Waals surface area (Å²) in [6.07, 6.45) is 1.13. The highest BCUT2D eigenvalue weighted by Gasteiger charge is 2.31. The van der Waals surface area contributed by atoms with Crippen LogP contribution in [0.4, 0.5) is 5.69 Å². The largest absolute Gasteiger partial charge is 0.395 e. The van der Waals surface area contributed by atoms with Crippen molar-refractivity contribution in [3.05, 3.63) is 40.6 Å². The standard InChI is InChI=1S/C16H18ClN3O4/c1-9(2)18-15(23)10-3-4-11(17)12(7-10)19-13-8-14(22)20(5-6-21)16(13)24/h3-4,7-9,19,21H,5-6H2,1-2H3,(H,18,23). The molecule has 3 N–H and O–H groups in total. The maximum atomic E-state index is 12.1. The van der Waals surface area contributed by atoms with Crippen molar-refractivity contribution in [2.45, 2.75) is 19.9 Å². The average Bonchev–Trinajstić information content (AvgIpc) is 2.76. The molecule has 1 aliphatic heterocycles. The van der Waals surface area contributed by atoms with Crippen LogP contribution in [0.1, 0.15) is 24.2 Å². The second kappa shape index (κ2) is 7.46. The fourth-order valence-electron chi connectivity index (χ4n) is 2.16. The Hall–Kier alpha value is -2.38. The quantitative estimate of drug-likeness (QED) is 0.667. The van der Waals surface area contributed by atoms with Crippen LogP contribution in [-0.4, -0.2) is 46.9 Å². The van der Waals surface area contributed by atoms with Crippen molar-refractivity contribution >= 4 is 35.0 Å². The fraction of sp³-hybridized carbons (Fsp3) is 0.312. The van der Waals surface area contributed by atoms with Crippen LogP contribution >= 0.6 is 11.6 Å². The fourth-order valence-corrected chi connectivity index (χ4v) is 2.33. The van der Waals surface area contributed by atoms with Crippen molar-refractivity contribution in [2.24, 2.45) is 0 Å². The third kappa shape index (κ3) is 3.93. The number of nitrogens with zero attached hydrogens (tertiary/aromatic N) is 1. The minimum atomic E-state index is -0.554. The van der Waals surface area contributed by atoms with Crippen molar-refractivity contribution in [1.29, 1.82) is 0 Å². The molecule has 0 atom stereocenters. The van der Waals surface area contributed by atoms with Gasteiger partial charge in [0.05, 0.1) is 23.9 Å². The maximum Gasteiger partial charge on any atom is 0.277 e. The number of benzene rings is 1. The highest BCUT2D eigenvalue weighted by molar-refractivity contribution is 6.33. The number of aliphatic hydroxyl groups is 1. The smallest absolute Gasteiger partial charge is 0.277 e. The summed E-state index contributed by atoms with van der Waals surface area (Å²) in [5.74, 6) is -1.34. The third-order valence-corrected chi connectivity index (χ3v) is 3.58. The average molecular weight is 352 g/mol. The van der Waals surface area contributed by atoms with E-state index in [0.29, 0.717) is 16.3 Å². The van der Waals surface area contributed by atoms with Gasteiger partial charge in [-0.3, -0.25) is 19.3 Å². The summed E-state index contributed by atoms with van der Waals surface area (Å²) in [5.41, 5.74) is 0.753. The Morgan fingerprint density at radius 2 is 2.04 bits per heavy atom. The second-order valence-corrected chi connectivity index (χ2v) is 5.93. The Balaban J connectivity index is 2.21. The minimum Gasteiger partial charge on any atom is -0.395 e. The number of nitrogens with one attached hydrogen (secondary N) is 2. The van der Waals surface area contributed by atoms with Crippen LogP contribution in [0.2, 0.25) is 5.02 Å². The van der Waals surface area contributed by atoms with Crippen molar-refractivity contribution in [3.8, 4) is 0 Å². The number of rotatable bonds is 6. The summed E-state index contributed by atoms with van der Waals surface area (Å²) in [6.45, 7) is 3.29. The van der Waals surface area contributed by atoms with E-state index < -0.39 is 11.8 Å². The van der Waals surface area contributed by atoms with Gasteiger partial charge in [-0.1, -0.05) is 11.6 Å². The molecule has 1 aliphatic rings. The number of aliphatic hydroxyl groups excluding tert-OH is 1. The lowest BCUT2D eigenvalue weighted by molar-refractivity contribution is -0.137. The van der Waals surface area contributed by atoms with E-state index >= 15 is 0 Å². The molecule has 0 aliphatic carbocycles. The predicted molar refractivity (Wildman–Crippen MR) is 89.6 cm³/mol. The molecule has 128 valence electrons. The number of halogens is 1. The Morgan fingerprint density at radius 3 is 2.67 bits per heavy atom. The van der Waals surface area contributed by atoms with Gasteiger partial charge in [-0.25, -0.2) is 0 Å². The molecule has 0 spiro atoms.